The molecule has 2 rings (SSSR count). The highest BCUT2D eigenvalue weighted by atomic mass is 16.5. The van der Waals surface area contributed by atoms with E-state index in [0.717, 1.165) is 0 Å². The zero-order valence-corrected chi connectivity index (χ0v) is 13.0. The Balaban J connectivity index is 2.54. The monoisotopic (exact) mass is 305 g/mol. The SMILES string of the molecule is COCc1ccc(C(=O)O)c(C2=NC(C)(C(C)C)C(=O)N2)n1. The molecule has 118 valence electrons. The minimum Gasteiger partial charge on any atom is -0.478 e. The molecule has 7 heteroatoms. The van der Waals surface area contributed by atoms with Gasteiger partial charge in [-0.15, -0.1) is 0 Å². The Bertz CT molecular complexity index is 654. The molecule has 0 spiro atoms. The van der Waals surface area contributed by atoms with Crippen LogP contribution in [0.25, 0.3) is 0 Å². The molecule has 1 aromatic heterocycles. The van der Waals surface area contributed by atoms with Crippen molar-refractivity contribution in [2.45, 2.75) is 32.9 Å². The summed E-state index contributed by atoms with van der Waals surface area (Å²) in [5, 5.41) is 12.0. The highest BCUT2D eigenvalue weighted by Gasteiger charge is 2.43. The van der Waals surface area contributed by atoms with E-state index in [2.05, 4.69) is 15.3 Å². The Labute approximate surface area is 128 Å². The van der Waals surface area contributed by atoms with Crippen molar-refractivity contribution in [3.63, 3.8) is 0 Å². The van der Waals surface area contributed by atoms with Crippen molar-refractivity contribution >= 4 is 17.7 Å². The maximum Gasteiger partial charge on any atom is 0.338 e. The molecule has 7 nitrogen and oxygen atoms in total. The number of nitrogens with one attached hydrogen (secondary N) is 1. The number of aromatic nitrogens is 1. The van der Waals surface area contributed by atoms with Crippen molar-refractivity contribution in [3.05, 3.63) is 29.1 Å². The van der Waals surface area contributed by atoms with Crippen LogP contribution in [0.15, 0.2) is 17.1 Å². The molecule has 2 heterocycles. The predicted molar refractivity (Wildman–Crippen MR) is 79.8 cm³/mol. The van der Waals surface area contributed by atoms with Gasteiger partial charge in [-0.05, 0) is 25.0 Å². The molecule has 1 aliphatic heterocycles. The zero-order chi connectivity index (χ0) is 16.5. The van der Waals surface area contributed by atoms with Crippen LogP contribution < -0.4 is 5.32 Å². The van der Waals surface area contributed by atoms with Crippen molar-refractivity contribution in [2.24, 2.45) is 10.9 Å². The molecule has 0 saturated carbocycles. The lowest BCUT2D eigenvalue weighted by Gasteiger charge is -2.21. The summed E-state index contributed by atoms with van der Waals surface area (Å²) in [6, 6.07) is 3.02. The molecule has 0 aromatic carbocycles. The van der Waals surface area contributed by atoms with E-state index in [1.54, 1.807) is 13.0 Å². The summed E-state index contributed by atoms with van der Waals surface area (Å²) in [6.07, 6.45) is 0. The van der Waals surface area contributed by atoms with Crippen LogP contribution in [0.5, 0.6) is 0 Å². The summed E-state index contributed by atoms with van der Waals surface area (Å²) in [6.45, 7) is 5.74. The van der Waals surface area contributed by atoms with Gasteiger partial charge in [0.05, 0.1) is 17.9 Å². The zero-order valence-electron chi connectivity index (χ0n) is 13.0. The van der Waals surface area contributed by atoms with Gasteiger partial charge in [0.2, 0.25) is 0 Å². The van der Waals surface area contributed by atoms with Gasteiger partial charge in [0.15, 0.2) is 5.84 Å². The standard InChI is InChI=1S/C15H19N3O4/c1-8(2)15(3)14(21)17-12(18-15)11-10(13(19)20)6-5-9(16-11)7-22-4/h5-6,8H,7H2,1-4H3,(H,19,20)(H,17,18,21). The van der Waals surface area contributed by atoms with Gasteiger partial charge in [0.25, 0.3) is 5.91 Å². The van der Waals surface area contributed by atoms with Crippen molar-refractivity contribution in [1.82, 2.24) is 10.3 Å². The van der Waals surface area contributed by atoms with Gasteiger partial charge in [-0.2, -0.15) is 0 Å². The van der Waals surface area contributed by atoms with E-state index >= 15 is 0 Å². The summed E-state index contributed by atoms with van der Waals surface area (Å²) < 4.78 is 5.01. The first-order valence-corrected chi connectivity index (χ1v) is 6.93. The van der Waals surface area contributed by atoms with E-state index in [9.17, 15) is 14.7 Å². The number of amidine groups is 1. The second-order valence-corrected chi connectivity index (χ2v) is 5.65. The van der Waals surface area contributed by atoms with Crippen molar-refractivity contribution < 1.29 is 19.4 Å². The van der Waals surface area contributed by atoms with Gasteiger partial charge >= 0.3 is 5.97 Å². The second kappa shape index (κ2) is 5.84. The fraction of sp³-hybridized carbons (Fsp3) is 0.467. The maximum atomic E-state index is 12.2. The molecular weight excluding hydrogens is 286 g/mol. The number of carbonyl (C=O) groups is 2. The van der Waals surface area contributed by atoms with E-state index in [0.29, 0.717) is 5.69 Å². The number of carboxylic acid groups (broad SMARTS) is 1. The lowest BCUT2D eigenvalue weighted by Crippen LogP contribution is -2.41. The quantitative estimate of drug-likeness (QED) is 0.851. The van der Waals surface area contributed by atoms with E-state index < -0.39 is 11.5 Å². The fourth-order valence-corrected chi connectivity index (χ4v) is 2.13. The normalized spacial score (nSPS) is 21.0. The van der Waals surface area contributed by atoms with E-state index in [-0.39, 0.29) is 35.5 Å². The number of hydrogen-bond donors (Lipinski definition) is 2. The number of aliphatic imine (C=N–C) groups is 1. The van der Waals surface area contributed by atoms with Crippen LogP contribution in [-0.4, -0.2) is 40.5 Å². The van der Waals surface area contributed by atoms with Crippen LogP contribution >= 0.6 is 0 Å². The third-order valence-corrected chi connectivity index (χ3v) is 3.86. The Kier molecular flexibility index (Phi) is 4.27. The van der Waals surface area contributed by atoms with Gasteiger partial charge in [0.1, 0.15) is 11.2 Å². The smallest absolute Gasteiger partial charge is 0.338 e. The van der Waals surface area contributed by atoms with Crippen LogP contribution in [0.3, 0.4) is 0 Å². The number of pyridine rings is 1. The average molecular weight is 305 g/mol. The number of hydrogen-bond acceptors (Lipinski definition) is 5. The molecule has 1 unspecified atom stereocenters. The van der Waals surface area contributed by atoms with E-state index in [4.69, 9.17) is 4.74 Å². The third kappa shape index (κ3) is 2.71. The van der Waals surface area contributed by atoms with E-state index in [1.807, 2.05) is 13.8 Å². The van der Waals surface area contributed by atoms with Crippen molar-refractivity contribution in [2.75, 3.05) is 7.11 Å². The fourth-order valence-electron chi connectivity index (χ4n) is 2.13. The minimum absolute atomic E-state index is 0.00749. The number of ether oxygens (including phenoxy) is 1. The van der Waals surface area contributed by atoms with E-state index in [1.165, 1.54) is 13.2 Å². The van der Waals surface area contributed by atoms with Gasteiger partial charge in [0, 0.05) is 7.11 Å². The Morgan fingerprint density at radius 2 is 2.14 bits per heavy atom. The number of aromatic carboxylic acids is 1. The van der Waals surface area contributed by atoms with Crippen LogP contribution in [0, 0.1) is 5.92 Å². The van der Waals surface area contributed by atoms with Crippen molar-refractivity contribution in [1.29, 1.82) is 0 Å². The van der Waals surface area contributed by atoms with Gasteiger partial charge in [-0.25, -0.2) is 14.8 Å². The number of carboxylic acids is 1. The molecule has 1 aromatic rings. The summed E-state index contributed by atoms with van der Waals surface area (Å²) in [4.78, 5) is 32.3. The molecule has 22 heavy (non-hydrogen) atoms. The summed E-state index contributed by atoms with van der Waals surface area (Å²) >= 11 is 0. The molecular formula is C15H19N3O4. The summed E-state index contributed by atoms with van der Waals surface area (Å²) in [7, 11) is 1.52. The van der Waals surface area contributed by atoms with Gasteiger partial charge in [-0.3, -0.25) is 4.79 Å². The van der Waals surface area contributed by atoms with Crippen LogP contribution in [0.4, 0.5) is 0 Å². The first-order chi connectivity index (χ1) is 10.3. The van der Waals surface area contributed by atoms with Crippen LogP contribution in [0.2, 0.25) is 0 Å². The molecule has 0 saturated heterocycles. The first-order valence-electron chi connectivity index (χ1n) is 6.93. The molecule has 1 aliphatic rings. The third-order valence-electron chi connectivity index (χ3n) is 3.86. The molecule has 0 fully saturated rings. The van der Waals surface area contributed by atoms with Crippen LogP contribution in [-0.2, 0) is 16.1 Å². The molecule has 2 N–H and O–H groups in total. The number of carbonyl (C=O) groups excluding carboxylic acids is 1. The van der Waals surface area contributed by atoms with Crippen molar-refractivity contribution in [3.8, 4) is 0 Å². The Morgan fingerprint density at radius 3 is 2.64 bits per heavy atom. The van der Waals surface area contributed by atoms with Gasteiger partial charge < -0.3 is 15.2 Å². The number of amides is 1. The minimum atomic E-state index is -1.12. The molecule has 1 atom stereocenters. The largest absolute Gasteiger partial charge is 0.478 e. The second-order valence-electron chi connectivity index (χ2n) is 5.65. The topological polar surface area (TPSA) is 101 Å². The molecule has 1 amide bonds. The first kappa shape index (κ1) is 16.1. The summed E-state index contributed by atoms with van der Waals surface area (Å²) in [5.41, 5.74) is -0.214. The Morgan fingerprint density at radius 1 is 1.45 bits per heavy atom. The molecule has 0 radical (unpaired) electrons. The van der Waals surface area contributed by atoms with Crippen LogP contribution in [0.1, 0.15) is 42.5 Å². The predicted octanol–water partition coefficient (Wildman–Crippen LogP) is 1.22. The Hall–Kier alpha value is -2.28. The molecule has 0 bridgehead atoms. The van der Waals surface area contributed by atoms with Gasteiger partial charge in [-0.1, -0.05) is 13.8 Å². The highest BCUT2D eigenvalue weighted by molar-refractivity contribution is 6.17. The lowest BCUT2D eigenvalue weighted by atomic mass is 9.89. The summed E-state index contributed by atoms with van der Waals surface area (Å²) in [5.74, 6) is -1.22. The lowest BCUT2D eigenvalue weighted by molar-refractivity contribution is -0.124. The average Bonchev–Trinajstić information content (AvgIpc) is 2.76. The number of rotatable bonds is 5. The molecule has 0 aliphatic carbocycles. The highest BCUT2D eigenvalue weighted by Crippen LogP contribution is 2.27. The maximum absolute atomic E-state index is 12.2. The number of nitrogens with zero attached hydrogens (tertiary/aromatic N) is 2. The number of methoxy groups -OCH3 is 1.